The monoisotopic (exact) mass is 536 g/mol. The summed E-state index contributed by atoms with van der Waals surface area (Å²) < 4.78 is 0. The number of fused-ring (bicyclic) bond motifs is 3. The van der Waals surface area contributed by atoms with Crippen molar-refractivity contribution in [3.63, 3.8) is 0 Å². The molecule has 13 nitrogen and oxygen atoms in total. The molecular weight excluding hydrogens is 512 g/mol. The Kier molecular flexibility index (Phi) is 7.12. The lowest BCUT2D eigenvalue weighted by Crippen LogP contribution is -2.65. The summed E-state index contributed by atoms with van der Waals surface area (Å²) in [5.41, 5.74) is -6.60. The number of halogens is 1. The molecule has 1 unspecified atom stereocenters. The van der Waals surface area contributed by atoms with E-state index in [4.69, 9.17) is 27.5 Å². The number of likely N-dealkylation sites (N-methyl/N-ethyl adjacent to an activating group) is 1. The maximum Gasteiger partial charge on any atom is 0.260 e. The van der Waals surface area contributed by atoms with E-state index in [1.165, 1.54) is 32.0 Å². The molecule has 0 heterocycles. The summed E-state index contributed by atoms with van der Waals surface area (Å²) in [7, 11) is 3.01. The molecule has 0 spiro atoms. The predicted octanol–water partition coefficient (Wildman–Crippen LogP) is 0.0499. The summed E-state index contributed by atoms with van der Waals surface area (Å²) in [4.78, 5) is 40.8. The molecule has 1 aromatic carbocycles. The minimum atomic E-state index is -2.83. The van der Waals surface area contributed by atoms with E-state index in [1.807, 2.05) is 5.32 Å². The summed E-state index contributed by atoms with van der Waals surface area (Å²) in [5, 5.41) is 78.8. The molecule has 0 radical (unpaired) electrons. The summed E-state index contributed by atoms with van der Waals surface area (Å²) in [5.74, 6) is -8.32. The molecule has 0 bridgehead atoms. The first-order chi connectivity index (χ1) is 17.2. The topological polar surface area (TPSA) is 235 Å². The van der Waals surface area contributed by atoms with E-state index >= 15 is 0 Å². The third-order valence-corrected chi connectivity index (χ3v) is 7.61. The number of carbonyl (C=O) groups is 3. The van der Waals surface area contributed by atoms with Crippen LogP contribution in [0, 0.1) is 22.6 Å². The number of aromatic hydroxyl groups is 1. The normalized spacial score (nSPS) is 30.7. The quantitative estimate of drug-likeness (QED) is 0.154. The molecule has 1 amide bonds. The fraction of sp³-hybridized carbons (Fsp3) is 0.435. The van der Waals surface area contributed by atoms with E-state index in [2.05, 4.69) is 0 Å². The second kappa shape index (κ2) is 9.40. The van der Waals surface area contributed by atoms with Gasteiger partial charge in [0.2, 0.25) is 5.78 Å². The standard InChI is InChI=1S/C23H25ClN2O9.N2/c1-22(34)8-6-9-16(26(2)3)18(30)14(21(33)25-7-27)20(32)23(9,35)19(31)12(8)17(29)13-11(28)5-4-10(24)15(13)22;1-2/h4-5,8-9,16,27-28,30-31,34-35H,6-7H2,1-3H3,(H,25,33);/t8?,9-,16-,22-,23-;/m0./s1. The number of hydrogen-bond donors (Lipinski definition) is 7. The van der Waals surface area contributed by atoms with Gasteiger partial charge in [-0.1, -0.05) is 11.6 Å². The Labute approximate surface area is 215 Å². The summed E-state index contributed by atoms with van der Waals surface area (Å²) in [6.45, 7) is 0.460. The second-order valence-electron chi connectivity index (χ2n) is 9.38. The van der Waals surface area contributed by atoms with Crippen LogP contribution in [-0.4, -0.2) is 85.5 Å². The molecule has 0 fully saturated rings. The first kappa shape index (κ1) is 28.0. The molecule has 0 aliphatic heterocycles. The molecule has 5 atom stereocenters. The highest BCUT2D eigenvalue weighted by molar-refractivity contribution is 6.33. The lowest BCUT2D eigenvalue weighted by Gasteiger charge is -2.53. The van der Waals surface area contributed by atoms with Gasteiger partial charge in [0, 0.05) is 38.8 Å². The highest BCUT2D eigenvalue weighted by Gasteiger charge is 2.66. The van der Waals surface area contributed by atoms with Gasteiger partial charge in [-0.05, 0) is 39.6 Å². The number of phenolic OH excluding ortho intramolecular Hbond substituents is 1. The fourth-order valence-corrected chi connectivity index (χ4v) is 6.08. The first-order valence-electron chi connectivity index (χ1n) is 10.9. The van der Waals surface area contributed by atoms with Crippen molar-refractivity contribution in [1.29, 1.82) is 10.8 Å². The van der Waals surface area contributed by atoms with Crippen LogP contribution >= 0.6 is 11.6 Å². The average Bonchev–Trinajstić information content (AvgIpc) is 2.82. The summed E-state index contributed by atoms with van der Waals surface area (Å²) in [6.07, 6.45) is -0.284. The number of carbonyl (C=O) groups excluding carboxylic acids is 3. The molecule has 37 heavy (non-hydrogen) atoms. The van der Waals surface area contributed by atoms with Gasteiger partial charge in [0.05, 0.1) is 17.2 Å². The van der Waals surface area contributed by atoms with E-state index in [-0.39, 0.29) is 22.6 Å². The number of benzene rings is 1. The van der Waals surface area contributed by atoms with Crippen LogP contribution in [0.3, 0.4) is 0 Å². The van der Waals surface area contributed by atoms with Crippen LogP contribution in [0.2, 0.25) is 5.02 Å². The minimum absolute atomic E-state index is 0.00916. The van der Waals surface area contributed by atoms with Gasteiger partial charge >= 0.3 is 0 Å². The Morgan fingerprint density at radius 3 is 2.32 bits per heavy atom. The number of Topliss-reactive ketones (excluding diaryl/α,β-unsaturated/α-hetero) is 2. The number of phenols is 1. The first-order valence-corrected chi connectivity index (χ1v) is 11.3. The van der Waals surface area contributed by atoms with Crippen LogP contribution in [0.1, 0.15) is 29.3 Å². The maximum atomic E-state index is 13.5. The highest BCUT2D eigenvalue weighted by atomic mass is 35.5. The maximum absolute atomic E-state index is 13.5. The number of nitrogens with one attached hydrogen (secondary N) is 1. The van der Waals surface area contributed by atoms with Gasteiger partial charge in [-0.25, -0.2) is 0 Å². The summed E-state index contributed by atoms with van der Waals surface area (Å²) >= 11 is 6.28. The lowest BCUT2D eigenvalue weighted by molar-refractivity contribution is -0.152. The smallest absolute Gasteiger partial charge is 0.260 e. The zero-order chi connectivity index (χ0) is 28.2. The summed E-state index contributed by atoms with van der Waals surface area (Å²) in [6, 6.07) is 1.24. The van der Waals surface area contributed by atoms with Crippen LogP contribution in [0.5, 0.6) is 5.75 Å². The minimum Gasteiger partial charge on any atom is -0.510 e. The van der Waals surface area contributed by atoms with Gasteiger partial charge in [-0.3, -0.25) is 19.3 Å². The Morgan fingerprint density at radius 2 is 1.78 bits per heavy atom. The molecule has 1 aromatic rings. The van der Waals surface area contributed by atoms with Gasteiger partial charge in [0.15, 0.2) is 11.4 Å². The molecule has 0 saturated heterocycles. The second-order valence-corrected chi connectivity index (χ2v) is 9.79. The number of amides is 1. The molecule has 3 aliphatic carbocycles. The van der Waals surface area contributed by atoms with Gasteiger partial charge in [-0.2, -0.15) is 0 Å². The number of rotatable bonds is 3. The van der Waals surface area contributed by atoms with Crippen LogP contribution in [-0.2, 0) is 15.2 Å². The van der Waals surface area contributed by atoms with E-state index in [1.54, 1.807) is 0 Å². The van der Waals surface area contributed by atoms with Crippen molar-refractivity contribution < 1.29 is 45.0 Å². The van der Waals surface area contributed by atoms with Crippen LogP contribution in [0.15, 0.2) is 34.8 Å². The largest absolute Gasteiger partial charge is 0.510 e. The lowest BCUT2D eigenvalue weighted by atomic mass is 9.55. The molecule has 0 saturated carbocycles. The number of nitrogens with zero attached hydrogens (tertiary/aromatic N) is 3. The van der Waals surface area contributed by atoms with Gasteiger partial charge in [0.25, 0.3) is 5.91 Å². The third-order valence-electron chi connectivity index (χ3n) is 7.29. The van der Waals surface area contributed by atoms with Crippen molar-refractivity contribution in [2.24, 2.45) is 11.8 Å². The molecule has 7 N–H and O–H groups in total. The zero-order valence-corrected chi connectivity index (χ0v) is 20.7. The molecule has 4 rings (SSSR count). The van der Waals surface area contributed by atoms with Crippen molar-refractivity contribution in [1.82, 2.24) is 10.2 Å². The van der Waals surface area contributed by atoms with Gasteiger partial charge in [-0.15, -0.1) is 0 Å². The van der Waals surface area contributed by atoms with Crippen LogP contribution in [0.25, 0.3) is 0 Å². The Bertz CT molecular complexity index is 1290. The van der Waals surface area contributed by atoms with E-state index < -0.39 is 81.7 Å². The molecule has 0 aromatic heterocycles. The van der Waals surface area contributed by atoms with E-state index in [0.29, 0.717) is 0 Å². The molecular formula is C23H25ClN4O9. The molecule has 3 aliphatic rings. The van der Waals surface area contributed by atoms with Crippen molar-refractivity contribution in [2.75, 3.05) is 20.8 Å². The molecule has 14 heteroatoms. The number of aliphatic hydroxyl groups is 5. The Balaban J connectivity index is 0.00000186. The zero-order valence-electron chi connectivity index (χ0n) is 19.9. The van der Waals surface area contributed by atoms with E-state index in [0.717, 1.165) is 6.07 Å². The van der Waals surface area contributed by atoms with Crippen molar-refractivity contribution in [2.45, 2.75) is 30.6 Å². The fourth-order valence-electron chi connectivity index (χ4n) is 5.73. The van der Waals surface area contributed by atoms with E-state index in [9.17, 15) is 39.9 Å². The highest BCUT2D eigenvalue weighted by Crippen LogP contribution is 2.57. The predicted molar refractivity (Wildman–Crippen MR) is 124 cm³/mol. The van der Waals surface area contributed by atoms with Crippen molar-refractivity contribution in [3.05, 3.63) is 50.9 Å². The average molecular weight is 537 g/mol. The third kappa shape index (κ3) is 3.68. The van der Waals surface area contributed by atoms with Gasteiger partial charge < -0.3 is 36.0 Å². The SMILES string of the molecule is CN(C)[C@@H]1C(O)=C(C(=O)NCO)C(=O)[C@@]2(O)C(O)=C3C(=O)c4c(O)ccc(Cl)c4[C@@](C)(O)C3C[C@@H]12.N#N. The van der Waals surface area contributed by atoms with Crippen molar-refractivity contribution in [3.8, 4) is 5.75 Å². The number of ketones is 2. The van der Waals surface area contributed by atoms with Crippen molar-refractivity contribution >= 4 is 29.1 Å². The van der Waals surface area contributed by atoms with Gasteiger partial charge in [0.1, 0.15) is 29.6 Å². The Morgan fingerprint density at radius 1 is 1.19 bits per heavy atom. The molecule has 198 valence electrons. The van der Waals surface area contributed by atoms with Crippen LogP contribution in [0.4, 0.5) is 0 Å². The number of hydrogen-bond acceptors (Lipinski definition) is 12. The van der Waals surface area contributed by atoms with Crippen LogP contribution < -0.4 is 5.32 Å². The number of aliphatic hydroxyl groups excluding tert-OH is 3. The Hall–Kier alpha value is -3.54.